The summed E-state index contributed by atoms with van der Waals surface area (Å²) in [6, 6.07) is 19.8. The molecule has 0 unspecified atom stereocenters. The fraction of sp³-hybridized carbons (Fsp3) is 0.125. The molecule has 3 rings (SSSR count). The highest BCUT2D eigenvalue weighted by molar-refractivity contribution is 6.08. The molecule has 3 aromatic rings. The van der Waals surface area contributed by atoms with Crippen LogP contribution in [0.1, 0.15) is 27.0 Å². The maximum absolute atomic E-state index is 12.5. The average molecular weight is 432 g/mol. The number of nitrogens with zero attached hydrogens (tertiary/aromatic N) is 1. The molecule has 162 valence electrons. The molecule has 0 heterocycles. The lowest BCUT2D eigenvalue weighted by atomic mass is 9.99. The summed E-state index contributed by atoms with van der Waals surface area (Å²) in [6.45, 7) is 0. The van der Waals surface area contributed by atoms with Gasteiger partial charge in [-0.25, -0.2) is 4.79 Å². The Labute approximate surface area is 183 Å². The third-order valence-corrected chi connectivity index (χ3v) is 4.81. The number of amides is 1. The molecule has 0 spiro atoms. The number of aliphatic carboxylic acids is 1. The lowest BCUT2D eigenvalue weighted by molar-refractivity contribution is -0.384. The van der Waals surface area contributed by atoms with Crippen molar-refractivity contribution in [2.75, 3.05) is 0 Å². The van der Waals surface area contributed by atoms with Crippen LogP contribution < -0.4 is 5.32 Å². The number of hydrogen-bond acceptors (Lipinski definition) is 5. The van der Waals surface area contributed by atoms with Crippen LogP contribution in [0.4, 0.5) is 5.69 Å². The van der Waals surface area contributed by atoms with Crippen LogP contribution >= 0.6 is 0 Å². The molecule has 32 heavy (non-hydrogen) atoms. The summed E-state index contributed by atoms with van der Waals surface area (Å²) >= 11 is 0. The molecule has 0 aliphatic carbocycles. The first kappa shape index (κ1) is 22.4. The highest BCUT2D eigenvalue weighted by atomic mass is 16.6. The number of nitro groups is 1. The zero-order valence-corrected chi connectivity index (χ0v) is 16.9. The van der Waals surface area contributed by atoms with E-state index >= 15 is 0 Å². The van der Waals surface area contributed by atoms with E-state index in [-0.39, 0.29) is 24.3 Å². The van der Waals surface area contributed by atoms with E-state index in [1.165, 1.54) is 18.2 Å². The maximum atomic E-state index is 12.5. The number of nitrogens with one attached hydrogen (secondary N) is 1. The van der Waals surface area contributed by atoms with E-state index < -0.39 is 22.8 Å². The van der Waals surface area contributed by atoms with Crippen molar-refractivity contribution in [3.63, 3.8) is 0 Å². The lowest BCUT2D eigenvalue weighted by Crippen LogP contribution is -2.43. The Morgan fingerprint density at radius 2 is 1.53 bits per heavy atom. The highest BCUT2D eigenvalue weighted by Crippen LogP contribution is 2.15. The van der Waals surface area contributed by atoms with Gasteiger partial charge >= 0.3 is 5.97 Å². The highest BCUT2D eigenvalue weighted by Gasteiger charge is 2.21. The van der Waals surface area contributed by atoms with Gasteiger partial charge in [-0.2, -0.15) is 0 Å². The zero-order chi connectivity index (χ0) is 23.1. The number of non-ortho nitro benzene ring substituents is 1. The van der Waals surface area contributed by atoms with Crippen molar-refractivity contribution >= 4 is 23.3 Å². The number of rotatable bonds is 9. The Hall–Kier alpha value is -4.33. The molecule has 1 amide bonds. The second kappa shape index (κ2) is 10.1. The molecule has 8 nitrogen and oxygen atoms in total. The first-order valence-electron chi connectivity index (χ1n) is 9.77. The molecule has 0 aromatic heterocycles. The maximum Gasteiger partial charge on any atom is 0.326 e. The van der Waals surface area contributed by atoms with E-state index in [0.29, 0.717) is 22.3 Å². The third kappa shape index (κ3) is 5.85. The number of hydrogen-bond donors (Lipinski definition) is 2. The van der Waals surface area contributed by atoms with Crippen molar-refractivity contribution in [3.8, 4) is 0 Å². The van der Waals surface area contributed by atoms with Crippen molar-refractivity contribution in [2.45, 2.75) is 18.9 Å². The summed E-state index contributed by atoms with van der Waals surface area (Å²) in [5.41, 5.74) is 1.93. The van der Waals surface area contributed by atoms with Crippen LogP contribution in [0.3, 0.4) is 0 Å². The molecular formula is C24H20N2O6. The van der Waals surface area contributed by atoms with Crippen LogP contribution in [0.25, 0.3) is 0 Å². The fourth-order valence-electron chi connectivity index (χ4n) is 3.19. The van der Waals surface area contributed by atoms with Crippen molar-refractivity contribution in [2.24, 2.45) is 0 Å². The van der Waals surface area contributed by atoms with Gasteiger partial charge in [0.05, 0.1) is 11.3 Å². The van der Waals surface area contributed by atoms with Crippen LogP contribution in [0.5, 0.6) is 0 Å². The Bertz CT molecular complexity index is 1140. The molecule has 0 radical (unpaired) electrons. The zero-order valence-electron chi connectivity index (χ0n) is 16.9. The number of nitro benzene ring substituents is 1. The van der Waals surface area contributed by atoms with Crippen LogP contribution in [0, 0.1) is 10.1 Å². The molecule has 0 fully saturated rings. The minimum absolute atomic E-state index is 0.0236. The van der Waals surface area contributed by atoms with E-state index in [1.807, 2.05) is 6.07 Å². The molecular weight excluding hydrogens is 412 g/mol. The number of carboxylic acids is 1. The monoisotopic (exact) mass is 432 g/mol. The van der Waals surface area contributed by atoms with Gasteiger partial charge in [0.15, 0.2) is 5.78 Å². The minimum atomic E-state index is -1.21. The number of carbonyl (C=O) groups excluding carboxylic acids is 2. The van der Waals surface area contributed by atoms with Crippen LogP contribution in [0.15, 0.2) is 78.9 Å². The summed E-state index contributed by atoms with van der Waals surface area (Å²) in [6.07, 6.45) is -0.161. The first-order valence-corrected chi connectivity index (χ1v) is 9.77. The fourth-order valence-corrected chi connectivity index (χ4v) is 3.19. The Kier molecular flexibility index (Phi) is 7.07. The van der Waals surface area contributed by atoms with Crippen LogP contribution in [-0.4, -0.2) is 33.7 Å². The van der Waals surface area contributed by atoms with Gasteiger partial charge < -0.3 is 10.4 Å². The van der Waals surface area contributed by atoms with Crippen molar-refractivity contribution in [1.82, 2.24) is 5.32 Å². The van der Waals surface area contributed by atoms with E-state index in [9.17, 15) is 29.6 Å². The van der Waals surface area contributed by atoms with E-state index in [0.717, 1.165) is 0 Å². The number of ketones is 1. The number of carbonyl (C=O) groups is 3. The van der Waals surface area contributed by atoms with Crippen molar-refractivity contribution < 1.29 is 24.4 Å². The van der Waals surface area contributed by atoms with Gasteiger partial charge in [0, 0.05) is 29.7 Å². The van der Waals surface area contributed by atoms with Gasteiger partial charge in [-0.3, -0.25) is 19.7 Å². The summed E-state index contributed by atoms with van der Waals surface area (Å²) in [5, 5.41) is 22.8. The number of carboxylic acid groups (broad SMARTS) is 1. The second-order valence-corrected chi connectivity index (χ2v) is 7.16. The summed E-state index contributed by atoms with van der Waals surface area (Å²) in [4.78, 5) is 46.7. The van der Waals surface area contributed by atoms with E-state index in [1.54, 1.807) is 54.6 Å². The number of benzene rings is 3. The van der Waals surface area contributed by atoms with Gasteiger partial charge in [0.25, 0.3) is 5.69 Å². The predicted molar refractivity (Wildman–Crippen MR) is 116 cm³/mol. The third-order valence-electron chi connectivity index (χ3n) is 4.81. The molecule has 0 aliphatic rings. The van der Waals surface area contributed by atoms with E-state index in [4.69, 9.17) is 0 Å². The van der Waals surface area contributed by atoms with Crippen LogP contribution in [-0.2, 0) is 22.4 Å². The standard InChI is InChI=1S/C24H20N2O6/c27-22(15-17-5-4-8-20(13-17)26(31)32)25-21(24(29)30)14-16-9-11-19(12-10-16)23(28)18-6-2-1-3-7-18/h1-13,21H,14-15H2,(H,25,27)(H,29,30)/t21-/m0/s1. The van der Waals surface area contributed by atoms with Gasteiger partial charge in [0.1, 0.15) is 6.04 Å². The summed E-state index contributed by atoms with van der Waals surface area (Å²) in [7, 11) is 0. The topological polar surface area (TPSA) is 127 Å². The smallest absolute Gasteiger partial charge is 0.326 e. The average Bonchev–Trinajstić information content (AvgIpc) is 2.79. The molecule has 3 aromatic carbocycles. The van der Waals surface area contributed by atoms with Crippen molar-refractivity contribution in [1.29, 1.82) is 0 Å². The molecule has 2 N–H and O–H groups in total. The van der Waals surface area contributed by atoms with Crippen molar-refractivity contribution in [3.05, 3.63) is 111 Å². The minimum Gasteiger partial charge on any atom is -0.480 e. The normalized spacial score (nSPS) is 11.4. The van der Waals surface area contributed by atoms with Gasteiger partial charge in [0.2, 0.25) is 5.91 Å². The Morgan fingerprint density at radius 3 is 2.16 bits per heavy atom. The summed E-state index contributed by atoms with van der Waals surface area (Å²) < 4.78 is 0. The first-order chi connectivity index (χ1) is 15.3. The molecule has 0 saturated carbocycles. The van der Waals surface area contributed by atoms with Gasteiger partial charge in [-0.1, -0.05) is 66.7 Å². The molecule has 0 bridgehead atoms. The molecule has 8 heteroatoms. The predicted octanol–water partition coefficient (Wildman–Crippen LogP) is 3.18. The Balaban J connectivity index is 1.64. The van der Waals surface area contributed by atoms with Crippen LogP contribution in [0.2, 0.25) is 0 Å². The second-order valence-electron chi connectivity index (χ2n) is 7.16. The van der Waals surface area contributed by atoms with Gasteiger partial charge in [-0.05, 0) is 11.1 Å². The Morgan fingerprint density at radius 1 is 0.875 bits per heavy atom. The quantitative estimate of drug-likeness (QED) is 0.304. The lowest BCUT2D eigenvalue weighted by Gasteiger charge is -2.15. The van der Waals surface area contributed by atoms with E-state index in [2.05, 4.69) is 5.32 Å². The molecule has 0 aliphatic heterocycles. The largest absolute Gasteiger partial charge is 0.480 e. The molecule has 0 saturated heterocycles. The van der Waals surface area contributed by atoms with Gasteiger partial charge in [-0.15, -0.1) is 0 Å². The molecule has 1 atom stereocenters. The SMILES string of the molecule is O=C(Cc1cccc([N+](=O)[O-])c1)N[C@@H](Cc1ccc(C(=O)c2ccccc2)cc1)C(=O)O. The summed E-state index contributed by atoms with van der Waals surface area (Å²) in [5.74, 6) is -1.91.